The molecule has 0 bridgehead atoms. The van der Waals surface area contributed by atoms with Crippen LogP contribution in [0.4, 0.5) is 0 Å². The van der Waals surface area contributed by atoms with Gasteiger partial charge in [0.15, 0.2) is 0 Å². The van der Waals surface area contributed by atoms with Gasteiger partial charge in [-0.05, 0) is 34.3 Å². The summed E-state index contributed by atoms with van der Waals surface area (Å²) in [6.07, 6.45) is 5.81. The molecule has 1 aliphatic rings. The second-order valence-corrected chi connectivity index (χ2v) is 6.24. The van der Waals surface area contributed by atoms with Crippen molar-refractivity contribution in [1.82, 2.24) is 0 Å². The molecule has 4 rings (SSSR count). The lowest BCUT2D eigenvalue weighted by Gasteiger charge is -2.23. The van der Waals surface area contributed by atoms with Crippen molar-refractivity contribution >= 4 is 11.1 Å². The van der Waals surface area contributed by atoms with Crippen LogP contribution in [0.15, 0.2) is 103 Å². The third-order valence-electron chi connectivity index (χ3n) is 4.63. The van der Waals surface area contributed by atoms with Gasteiger partial charge in [0, 0.05) is 5.92 Å². The van der Waals surface area contributed by atoms with E-state index in [0.29, 0.717) is 5.92 Å². The number of allylic oxidation sites excluding steroid dienone is 4. The topological polar surface area (TPSA) is 0 Å². The van der Waals surface area contributed by atoms with Crippen LogP contribution in [0, 0.1) is 0 Å². The SMILES string of the molecule is C1=C(c2ccccc2)C=C(c2ccccc2)CC1c1ccccc1. The van der Waals surface area contributed by atoms with Crippen LogP contribution in [0.2, 0.25) is 0 Å². The maximum absolute atomic E-state index is 2.41. The second-order valence-electron chi connectivity index (χ2n) is 6.24. The van der Waals surface area contributed by atoms with Gasteiger partial charge in [0.2, 0.25) is 0 Å². The summed E-state index contributed by atoms with van der Waals surface area (Å²) in [5.74, 6) is 0.418. The molecule has 0 aliphatic heterocycles. The summed E-state index contributed by atoms with van der Waals surface area (Å²) in [4.78, 5) is 0. The van der Waals surface area contributed by atoms with Gasteiger partial charge in [-0.25, -0.2) is 0 Å². The normalized spacial score (nSPS) is 17.1. The Kier molecular flexibility index (Phi) is 4.12. The number of benzene rings is 3. The zero-order valence-corrected chi connectivity index (χ0v) is 13.6. The lowest BCUT2D eigenvalue weighted by molar-refractivity contribution is 0.871. The number of hydrogen-bond donors (Lipinski definition) is 0. The fourth-order valence-corrected chi connectivity index (χ4v) is 3.39. The van der Waals surface area contributed by atoms with Crippen LogP contribution in [-0.2, 0) is 0 Å². The maximum atomic E-state index is 2.41. The Bertz CT molecular complexity index is 856. The fourth-order valence-electron chi connectivity index (χ4n) is 3.39. The molecule has 3 aromatic rings. The highest BCUT2D eigenvalue weighted by molar-refractivity contribution is 5.87. The minimum Gasteiger partial charge on any atom is -0.0688 e. The van der Waals surface area contributed by atoms with Crippen molar-refractivity contribution in [3.05, 3.63) is 120 Å². The molecule has 0 heteroatoms. The summed E-state index contributed by atoms with van der Waals surface area (Å²) >= 11 is 0. The first-order chi connectivity index (χ1) is 11.9. The van der Waals surface area contributed by atoms with E-state index in [4.69, 9.17) is 0 Å². The van der Waals surface area contributed by atoms with Gasteiger partial charge in [0.25, 0.3) is 0 Å². The van der Waals surface area contributed by atoms with Crippen molar-refractivity contribution in [3.8, 4) is 0 Å². The quantitative estimate of drug-likeness (QED) is 0.529. The lowest BCUT2D eigenvalue weighted by Crippen LogP contribution is -2.03. The molecule has 0 saturated carbocycles. The summed E-state index contributed by atoms with van der Waals surface area (Å²) in [5.41, 5.74) is 6.71. The standard InChI is InChI=1S/C24H20/c1-4-10-19(11-5-1)22-16-23(20-12-6-2-7-13-20)18-24(17-22)21-14-8-3-9-15-21/h1-17,23H,18H2. The van der Waals surface area contributed by atoms with E-state index in [2.05, 4.69) is 103 Å². The minimum absolute atomic E-state index is 0.418. The van der Waals surface area contributed by atoms with Gasteiger partial charge in [-0.1, -0.05) is 103 Å². The molecule has 0 amide bonds. The number of hydrogen-bond acceptors (Lipinski definition) is 0. The fraction of sp³-hybridized carbons (Fsp3) is 0.0833. The van der Waals surface area contributed by atoms with Crippen molar-refractivity contribution in [2.45, 2.75) is 12.3 Å². The maximum Gasteiger partial charge on any atom is 0.00678 e. The first kappa shape index (κ1) is 14.7. The van der Waals surface area contributed by atoms with E-state index in [0.717, 1.165) is 6.42 Å². The smallest absolute Gasteiger partial charge is 0.00678 e. The van der Waals surface area contributed by atoms with Gasteiger partial charge in [0.1, 0.15) is 0 Å². The Morgan fingerprint density at radius 1 is 0.583 bits per heavy atom. The molecule has 24 heavy (non-hydrogen) atoms. The molecule has 1 unspecified atom stereocenters. The molecular formula is C24H20. The van der Waals surface area contributed by atoms with E-state index in [-0.39, 0.29) is 0 Å². The van der Waals surface area contributed by atoms with Gasteiger partial charge in [-0.2, -0.15) is 0 Å². The molecular weight excluding hydrogens is 288 g/mol. The van der Waals surface area contributed by atoms with Crippen molar-refractivity contribution < 1.29 is 0 Å². The average molecular weight is 308 g/mol. The van der Waals surface area contributed by atoms with Gasteiger partial charge in [-0.15, -0.1) is 0 Å². The van der Waals surface area contributed by atoms with Crippen LogP contribution in [-0.4, -0.2) is 0 Å². The zero-order chi connectivity index (χ0) is 16.2. The van der Waals surface area contributed by atoms with E-state index in [9.17, 15) is 0 Å². The molecule has 0 aromatic heterocycles. The van der Waals surface area contributed by atoms with Gasteiger partial charge in [-0.3, -0.25) is 0 Å². The zero-order valence-electron chi connectivity index (χ0n) is 13.6. The van der Waals surface area contributed by atoms with E-state index in [1.165, 1.54) is 27.8 Å². The van der Waals surface area contributed by atoms with Crippen LogP contribution in [0.1, 0.15) is 29.0 Å². The van der Waals surface area contributed by atoms with Gasteiger partial charge >= 0.3 is 0 Å². The van der Waals surface area contributed by atoms with Crippen LogP contribution in [0.25, 0.3) is 11.1 Å². The predicted octanol–water partition coefficient (Wildman–Crippen LogP) is 6.34. The Balaban J connectivity index is 1.79. The molecule has 1 aliphatic carbocycles. The van der Waals surface area contributed by atoms with Crippen molar-refractivity contribution in [1.29, 1.82) is 0 Å². The summed E-state index contributed by atoms with van der Waals surface area (Å²) in [6, 6.07) is 32.2. The molecule has 0 saturated heterocycles. The Labute approximate surface area is 143 Å². The predicted molar refractivity (Wildman–Crippen MR) is 103 cm³/mol. The highest BCUT2D eigenvalue weighted by atomic mass is 14.2. The Morgan fingerprint density at radius 3 is 1.75 bits per heavy atom. The summed E-state index contributed by atoms with van der Waals surface area (Å²) < 4.78 is 0. The summed E-state index contributed by atoms with van der Waals surface area (Å²) in [7, 11) is 0. The average Bonchev–Trinajstić information content (AvgIpc) is 2.70. The van der Waals surface area contributed by atoms with Crippen molar-refractivity contribution in [2.24, 2.45) is 0 Å². The van der Waals surface area contributed by atoms with E-state index in [1.54, 1.807) is 0 Å². The second kappa shape index (κ2) is 6.72. The van der Waals surface area contributed by atoms with Crippen LogP contribution in [0.3, 0.4) is 0 Å². The Morgan fingerprint density at radius 2 is 1.12 bits per heavy atom. The van der Waals surface area contributed by atoms with E-state index < -0.39 is 0 Å². The lowest BCUT2D eigenvalue weighted by atomic mass is 9.81. The summed E-state index contributed by atoms with van der Waals surface area (Å²) in [6.45, 7) is 0. The highest BCUT2D eigenvalue weighted by Crippen LogP contribution is 2.38. The van der Waals surface area contributed by atoms with Crippen LogP contribution >= 0.6 is 0 Å². The first-order valence-electron chi connectivity index (χ1n) is 8.48. The van der Waals surface area contributed by atoms with Gasteiger partial charge in [0.05, 0.1) is 0 Å². The molecule has 0 N–H and O–H groups in total. The molecule has 116 valence electrons. The molecule has 0 fully saturated rings. The van der Waals surface area contributed by atoms with Crippen LogP contribution in [0.5, 0.6) is 0 Å². The minimum atomic E-state index is 0.418. The van der Waals surface area contributed by atoms with Crippen molar-refractivity contribution in [3.63, 3.8) is 0 Å². The first-order valence-corrected chi connectivity index (χ1v) is 8.48. The summed E-state index contributed by atoms with van der Waals surface area (Å²) in [5, 5.41) is 0. The third-order valence-corrected chi connectivity index (χ3v) is 4.63. The highest BCUT2D eigenvalue weighted by Gasteiger charge is 2.18. The third kappa shape index (κ3) is 3.09. The van der Waals surface area contributed by atoms with E-state index in [1.807, 2.05) is 0 Å². The molecule has 3 aromatic carbocycles. The molecule has 0 spiro atoms. The van der Waals surface area contributed by atoms with Crippen molar-refractivity contribution in [2.75, 3.05) is 0 Å². The van der Waals surface area contributed by atoms with Crippen LogP contribution < -0.4 is 0 Å². The molecule has 0 radical (unpaired) electrons. The Hall–Kier alpha value is -2.86. The largest absolute Gasteiger partial charge is 0.0688 e. The van der Waals surface area contributed by atoms with E-state index >= 15 is 0 Å². The molecule has 0 heterocycles. The molecule has 1 atom stereocenters. The molecule has 0 nitrogen and oxygen atoms in total. The monoisotopic (exact) mass is 308 g/mol. The van der Waals surface area contributed by atoms with Gasteiger partial charge < -0.3 is 0 Å². The number of rotatable bonds is 3.